The summed E-state index contributed by atoms with van der Waals surface area (Å²) in [6, 6.07) is 13.2. The molecule has 0 aromatic heterocycles. The Hall–Kier alpha value is -1.85. The monoisotopic (exact) mass is 363 g/mol. The van der Waals surface area contributed by atoms with Gasteiger partial charge in [-0.1, -0.05) is 29.8 Å². The molecule has 0 bridgehead atoms. The van der Waals surface area contributed by atoms with E-state index < -0.39 is 0 Å². The maximum atomic E-state index is 12.4. The van der Waals surface area contributed by atoms with Crippen molar-refractivity contribution in [1.29, 1.82) is 0 Å². The maximum Gasteiger partial charge on any atom is 0.234 e. The Morgan fingerprint density at radius 3 is 2.46 bits per heavy atom. The van der Waals surface area contributed by atoms with Crippen molar-refractivity contribution in [3.05, 3.63) is 58.6 Å². The van der Waals surface area contributed by atoms with E-state index in [1.54, 1.807) is 26.0 Å². The van der Waals surface area contributed by atoms with Crippen LogP contribution in [0.1, 0.15) is 16.5 Å². The van der Waals surface area contributed by atoms with Crippen molar-refractivity contribution in [3.63, 3.8) is 0 Å². The summed E-state index contributed by atoms with van der Waals surface area (Å²) >= 11 is 7.64. The lowest BCUT2D eigenvalue weighted by atomic mass is 10.1. The molecule has 4 nitrogen and oxygen atoms in total. The zero-order valence-corrected chi connectivity index (χ0v) is 15.1. The minimum Gasteiger partial charge on any atom is -0.496 e. The number of thioether (sulfide) groups is 1. The molecule has 2 aromatic carbocycles. The highest BCUT2D eigenvalue weighted by atomic mass is 35.5. The summed E-state index contributed by atoms with van der Waals surface area (Å²) in [6.07, 6.45) is 0. The van der Waals surface area contributed by atoms with Crippen LogP contribution in [-0.2, 0) is 11.3 Å². The molecule has 1 unspecified atom stereocenters. The van der Waals surface area contributed by atoms with Gasteiger partial charge in [0.05, 0.1) is 25.5 Å². The zero-order valence-electron chi connectivity index (χ0n) is 13.5. The number of nitrogens with zero attached hydrogens (tertiary/aromatic N) is 1. The standard InChI is InChI=1S/C18H18ClNO3S/c1-22-14-7-4-8-15(23-2)17(14)18-20(16(21)11-24-18)10-12-5-3-6-13(19)9-12/h3-9,18H,10-11H2,1-2H3. The summed E-state index contributed by atoms with van der Waals surface area (Å²) in [6.45, 7) is 0.498. The molecule has 1 fully saturated rings. The molecule has 1 saturated heterocycles. The summed E-state index contributed by atoms with van der Waals surface area (Å²) in [5, 5.41) is 0.515. The van der Waals surface area contributed by atoms with Crippen molar-refractivity contribution in [2.45, 2.75) is 11.9 Å². The number of carbonyl (C=O) groups excluding carboxylic acids is 1. The van der Waals surface area contributed by atoms with Crippen LogP contribution in [0.5, 0.6) is 11.5 Å². The number of halogens is 1. The normalized spacial score (nSPS) is 17.2. The molecule has 2 aromatic rings. The lowest BCUT2D eigenvalue weighted by molar-refractivity contribution is -0.128. The Kier molecular flexibility index (Phi) is 5.21. The molecule has 1 aliphatic rings. The molecule has 0 saturated carbocycles. The summed E-state index contributed by atoms with van der Waals surface area (Å²) in [4.78, 5) is 14.3. The van der Waals surface area contributed by atoms with Crippen LogP contribution in [0.3, 0.4) is 0 Å². The first-order valence-electron chi connectivity index (χ1n) is 7.50. The molecular weight excluding hydrogens is 346 g/mol. The van der Waals surface area contributed by atoms with Crippen LogP contribution < -0.4 is 9.47 Å². The van der Waals surface area contributed by atoms with E-state index in [4.69, 9.17) is 21.1 Å². The average Bonchev–Trinajstić information content (AvgIpc) is 2.94. The van der Waals surface area contributed by atoms with Gasteiger partial charge in [0.25, 0.3) is 0 Å². The van der Waals surface area contributed by atoms with Crippen molar-refractivity contribution in [2.75, 3.05) is 20.0 Å². The smallest absolute Gasteiger partial charge is 0.234 e. The molecule has 1 atom stereocenters. The highest BCUT2D eigenvalue weighted by Crippen LogP contribution is 2.47. The van der Waals surface area contributed by atoms with Crippen molar-refractivity contribution < 1.29 is 14.3 Å². The Morgan fingerprint density at radius 1 is 1.17 bits per heavy atom. The maximum absolute atomic E-state index is 12.4. The number of benzene rings is 2. The van der Waals surface area contributed by atoms with Crippen LogP contribution in [0, 0.1) is 0 Å². The second kappa shape index (κ2) is 7.36. The molecule has 0 N–H and O–H groups in total. The van der Waals surface area contributed by atoms with Crippen molar-refractivity contribution in [2.24, 2.45) is 0 Å². The van der Waals surface area contributed by atoms with Gasteiger partial charge >= 0.3 is 0 Å². The molecule has 1 heterocycles. The molecule has 126 valence electrons. The first-order valence-corrected chi connectivity index (χ1v) is 8.93. The second-order valence-corrected chi connectivity index (χ2v) is 6.90. The van der Waals surface area contributed by atoms with Gasteiger partial charge in [-0.25, -0.2) is 0 Å². The molecular formula is C18H18ClNO3S. The number of hydrogen-bond donors (Lipinski definition) is 0. The van der Waals surface area contributed by atoms with Gasteiger partial charge < -0.3 is 14.4 Å². The molecule has 1 amide bonds. The van der Waals surface area contributed by atoms with Crippen LogP contribution in [0.2, 0.25) is 5.02 Å². The molecule has 24 heavy (non-hydrogen) atoms. The van der Waals surface area contributed by atoms with Gasteiger partial charge in [0.15, 0.2) is 0 Å². The highest BCUT2D eigenvalue weighted by molar-refractivity contribution is 8.00. The van der Waals surface area contributed by atoms with Crippen LogP contribution >= 0.6 is 23.4 Å². The molecule has 0 spiro atoms. The molecule has 1 aliphatic heterocycles. The van der Waals surface area contributed by atoms with Gasteiger partial charge in [-0.05, 0) is 29.8 Å². The van der Waals surface area contributed by atoms with E-state index in [1.165, 1.54) is 0 Å². The fourth-order valence-corrected chi connectivity index (χ4v) is 4.27. The van der Waals surface area contributed by atoms with Gasteiger partial charge in [0, 0.05) is 11.6 Å². The fraction of sp³-hybridized carbons (Fsp3) is 0.278. The Labute approximate surface area is 150 Å². The van der Waals surface area contributed by atoms with E-state index in [9.17, 15) is 4.79 Å². The fourth-order valence-electron chi connectivity index (χ4n) is 2.82. The van der Waals surface area contributed by atoms with Crippen molar-refractivity contribution >= 4 is 29.3 Å². The van der Waals surface area contributed by atoms with Gasteiger partial charge in [-0.3, -0.25) is 4.79 Å². The first-order chi connectivity index (χ1) is 11.6. The van der Waals surface area contributed by atoms with Gasteiger partial charge in [-0.15, -0.1) is 11.8 Å². The van der Waals surface area contributed by atoms with Crippen molar-refractivity contribution in [1.82, 2.24) is 4.90 Å². The van der Waals surface area contributed by atoms with Crippen molar-refractivity contribution in [3.8, 4) is 11.5 Å². The third-order valence-electron chi connectivity index (χ3n) is 3.92. The third-order valence-corrected chi connectivity index (χ3v) is 5.38. The van der Waals surface area contributed by atoms with E-state index in [2.05, 4.69) is 0 Å². The lowest BCUT2D eigenvalue weighted by Gasteiger charge is -2.27. The summed E-state index contributed by atoms with van der Waals surface area (Å²) in [7, 11) is 3.25. The van der Waals surface area contributed by atoms with Crippen LogP contribution in [0.25, 0.3) is 0 Å². The quantitative estimate of drug-likeness (QED) is 0.800. The van der Waals surface area contributed by atoms with Gasteiger partial charge in [0.1, 0.15) is 16.9 Å². The zero-order chi connectivity index (χ0) is 17.1. The first kappa shape index (κ1) is 17.0. The summed E-state index contributed by atoms with van der Waals surface area (Å²) in [5.74, 6) is 1.97. The Morgan fingerprint density at radius 2 is 1.83 bits per heavy atom. The SMILES string of the molecule is COc1cccc(OC)c1C1SCC(=O)N1Cc1cccc(Cl)c1. The average molecular weight is 364 g/mol. The van der Waals surface area contributed by atoms with Crippen LogP contribution in [0.15, 0.2) is 42.5 Å². The van der Waals surface area contributed by atoms with E-state index >= 15 is 0 Å². The number of hydrogen-bond acceptors (Lipinski definition) is 4. The summed E-state index contributed by atoms with van der Waals surface area (Å²) in [5.41, 5.74) is 1.89. The topological polar surface area (TPSA) is 38.8 Å². The number of ether oxygens (including phenoxy) is 2. The summed E-state index contributed by atoms with van der Waals surface area (Å²) < 4.78 is 11.0. The number of rotatable bonds is 5. The molecule has 0 radical (unpaired) electrons. The molecule has 6 heteroatoms. The van der Waals surface area contributed by atoms with Gasteiger partial charge in [0.2, 0.25) is 5.91 Å². The van der Waals surface area contributed by atoms with Crippen LogP contribution in [0.4, 0.5) is 0 Å². The largest absolute Gasteiger partial charge is 0.496 e. The van der Waals surface area contributed by atoms with Crippen LogP contribution in [-0.4, -0.2) is 30.8 Å². The molecule has 3 rings (SSSR count). The lowest BCUT2D eigenvalue weighted by Crippen LogP contribution is -2.28. The number of carbonyl (C=O) groups is 1. The minimum absolute atomic E-state index is 0.0953. The Bertz CT molecular complexity index is 731. The van der Waals surface area contributed by atoms with E-state index in [-0.39, 0.29) is 11.3 Å². The predicted octanol–water partition coefficient (Wildman–Crippen LogP) is 4.13. The van der Waals surface area contributed by atoms with Gasteiger partial charge in [-0.2, -0.15) is 0 Å². The predicted molar refractivity (Wildman–Crippen MR) is 96.7 cm³/mol. The second-order valence-electron chi connectivity index (χ2n) is 5.39. The highest BCUT2D eigenvalue weighted by Gasteiger charge is 2.36. The van der Waals surface area contributed by atoms with E-state index in [1.807, 2.05) is 47.4 Å². The Balaban J connectivity index is 1.97. The van der Waals surface area contributed by atoms with E-state index in [0.29, 0.717) is 17.3 Å². The number of methoxy groups -OCH3 is 2. The molecule has 0 aliphatic carbocycles. The number of amides is 1. The van der Waals surface area contributed by atoms with E-state index in [0.717, 1.165) is 22.6 Å². The minimum atomic E-state index is -0.150. The third kappa shape index (κ3) is 3.32.